The molecule has 3 aromatic rings. The molecule has 4 rings (SSSR count). The molecule has 0 saturated carbocycles. The fourth-order valence-corrected chi connectivity index (χ4v) is 3.85. The van der Waals surface area contributed by atoms with Crippen molar-refractivity contribution in [3.63, 3.8) is 0 Å². The monoisotopic (exact) mass is 435 g/mol. The molecular weight excluding hydrogens is 410 g/mol. The van der Waals surface area contributed by atoms with Gasteiger partial charge in [0.25, 0.3) is 0 Å². The molecule has 2 aromatic carbocycles. The summed E-state index contributed by atoms with van der Waals surface area (Å²) in [5.41, 5.74) is 8.31. The third-order valence-electron chi connectivity index (χ3n) is 5.27. The van der Waals surface area contributed by atoms with E-state index in [0.717, 1.165) is 11.1 Å². The minimum atomic E-state index is -0.590. The van der Waals surface area contributed by atoms with E-state index in [9.17, 15) is 4.79 Å². The van der Waals surface area contributed by atoms with Crippen LogP contribution in [-0.2, 0) is 4.79 Å². The fraction of sp³-hybridized carbons (Fsp3) is 0.261. The number of carbonyl (C=O) groups is 1. The molecule has 2 heterocycles. The predicted octanol–water partition coefficient (Wildman–Crippen LogP) is 3.14. The normalized spacial score (nSPS) is 15.1. The number of anilines is 1. The average molecular weight is 435 g/mol. The lowest BCUT2D eigenvalue weighted by Gasteiger charge is -2.28. The van der Waals surface area contributed by atoms with Crippen LogP contribution in [0.15, 0.2) is 53.7 Å². The summed E-state index contributed by atoms with van der Waals surface area (Å²) in [5, 5.41) is 7.88. The minimum Gasteiger partial charge on any atom is -0.494 e. The van der Waals surface area contributed by atoms with Crippen molar-refractivity contribution in [3.05, 3.63) is 59.3 Å². The van der Waals surface area contributed by atoms with Gasteiger partial charge in [-0.15, -0.1) is 5.10 Å². The zero-order valence-electron chi connectivity index (χ0n) is 18.4. The molecular formula is C23H25N5O4. The maximum Gasteiger partial charge on any atom is 0.248 e. The summed E-state index contributed by atoms with van der Waals surface area (Å²) in [6.07, 6.45) is 0. The highest BCUT2D eigenvalue weighted by molar-refractivity contribution is 5.95. The largest absolute Gasteiger partial charge is 0.494 e. The Morgan fingerprint density at radius 2 is 1.88 bits per heavy atom. The molecule has 1 amide bonds. The van der Waals surface area contributed by atoms with Crippen LogP contribution in [0.25, 0.3) is 11.4 Å². The van der Waals surface area contributed by atoms with Gasteiger partial charge in [-0.05, 0) is 38.1 Å². The van der Waals surface area contributed by atoms with Gasteiger partial charge in [-0.3, -0.25) is 4.79 Å². The molecule has 0 unspecified atom stereocenters. The molecule has 0 bridgehead atoms. The Hall–Kier alpha value is -4.01. The van der Waals surface area contributed by atoms with Gasteiger partial charge >= 0.3 is 0 Å². The van der Waals surface area contributed by atoms with Crippen molar-refractivity contribution in [2.45, 2.75) is 19.9 Å². The Kier molecular flexibility index (Phi) is 5.72. The standard InChI is InChI=1S/C23H25N5O4/c1-5-32-16-9-7-6-8-15(16)20-19(21(24)29)13(2)25-23-26-22(27-28(20)23)14-10-11-17(30-3)18(12-14)31-4/h6-12,20H,5H2,1-4H3,(H2,24,29)(H,25,26,27)/t20-/m1/s1. The molecule has 0 radical (unpaired) electrons. The van der Waals surface area contributed by atoms with Crippen LogP contribution < -0.4 is 25.3 Å². The van der Waals surface area contributed by atoms with Gasteiger partial charge in [0, 0.05) is 16.8 Å². The maximum absolute atomic E-state index is 12.4. The third-order valence-corrected chi connectivity index (χ3v) is 5.27. The number of fused-ring (bicyclic) bond motifs is 1. The van der Waals surface area contributed by atoms with Crippen LogP contribution in [0.5, 0.6) is 17.2 Å². The SMILES string of the molecule is CCOc1ccccc1[C@@H]1C(C(N)=O)=C(C)Nc2nc(-c3ccc(OC)c(OC)c3)nn21. The number of hydrogen-bond acceptors (Lipinski definition) is 7. The van der Waals surface area contributed by atoms with E-state index in [1.54, 1.807) is 38.0 Å². The Morgan fingerprint density at radius 3 is 2.56 bits per heavy atom. The highest BCUT2D eigenvalue weighted by atomic mass is 16.5. The van der Waals surface area contributed by atoms with Crippen LogP contribution in [0, 0.1) is 0 Å². The van der Waals surface area contributed by atoms with Gasteiger partial charge < -0.3 is 25.3 Å². The van der Waals surface area contributed by atoms with Crippen LogP contribution >= 0.6 is 0 Å². The molecule has 1 aromatic heterocycles. The molecule has 166 valence electrons. The summed E-state index contributed by atoms with van der Waals surface area (Å²) < 4.78 is 18.2. The van der Waals surface area contributed by atoms with Crippen molar-refractivity contribution >= 4 is 11.9 Å². The number of primary amides is 1. The predicted molar refractivity (Wildman–Crippen MR) is 120 cm³/mol. The van der Waals surface area contributed by atoms with Crippen molar-refractivity contribution in [2.24, 2.45) is 5.73 Å². The van der Waals surface area contributed by atoms with E-state index in [2.05, 4.69) is 10.3 Å². The molecule has 9 nitrogen and oxygen atoms in total. The summed E-state index contributed by atoms with van der Waals surface area (Å²) in [6, 6.07) is 12.4. The van der Waals surface area contributed by atoms with Gasteiger partial charge in [0.2, 0.25) is 11.9 Å². The number of benzene rings is 2. The molecule has 0 fully saturated rings. The van der Waals surface area contributed by atoms with Gasteiger partial charge in [-0.25, -0.2) is 4.68 Å². The van der Waals surface area contributed by atoms with Gasteiger partial charge in [0.1, 0.15) is 11.8 Å². The first-order valence-corrected chi connectivity index (χ1v) is 10.2. The van der Waals surface area contributed by atoms with Gasteiger partial charge in [0.15, 0.2) is 17.3 Å². The van der Waals surface area contributed by atoms with Crippen LogP contribution in [0.3, 0.4) is 0 Å². The molecule has 1 atom stereocenters. The van der Waals surface area contributed by atoms with E-state index in [0.29, 0.717) is 46.9 Å². The molecule has 0 spiro atoms. The molecule has 1 aliphatic heterocycles. The smallest absolute Gasteiger partial charge is 0.248 e. The van der Waals surface area contributed by atoms with Crippen molar-refractivity contribution in [1.29, 1.82) is 0 Å². The van der Waals surface area contributed by atoms with E-state index >= 15 is 0 Å². The number of amides is 1. The summed E-state index contributed by atoms with van der Waals surface area (Å²) >= 11 is 0. The average Bonchev–Trinajstić information content (AvgIpc) is 3.21. The van der Waals surface area contributed by atoms with Gasteiger partial charge in [-0.1, -0.05) is 18.2 Å². The third kappa shape index (κ3) is 3.62. The molecule has 0 aliphatic carbocycles. The Morgan fingerprint density at radius 1 is 1.12 bits per heavy atom. The topological polar surface area (TPSA) is 114 Å². The first kappa shape index (κ1) is 21.2. The highest BCUT2D eigenvalue weighted by Crippen LogP contribution is 2.40. The number of ether oxygens (including phenoxy) is 3. The quantitative estimate of drug-likeness (QED) is 0.586. The number of carbonyl (C=O) groups excluding carboxylic acids is 1. The Labute approximate surface area is 185 Å². The second kappa shape index (κ2) is 8.62. The first-order valence-electron chi connectivity index (χ1n) is 10.2. The Bertz CT molecular complexity index is 1200. The maximum atomic E-state index is 12.4. The number of hydrogen-bond donors (Lipinski definition) is 2. The number of nitrogens with two attached hydrogens (primary N) is 1. The van der Waals surface area contributed by atoms with Crippen molar-refractivity contribution in [1.82, 2.24) is 14.8 Å². The number of nitrogens with zero attached hydrogens (tertiary/aromatic N) is 3. The molecule has 32 heavy (non-hydrogen) atoms. The van der Waals surface area contributed by atoms with Crippen molar-refractivity contribution < 1.29 is 19.0 Å². The summed E-state index contributed by atoms with van der Waals surface area (Å²) in [7, 11) is 3.15. The highest BCUT2D eigenvalue weighted by Gasteiger charge is 2.35. The molecule has 9 heteroatoms. The number of allylic oxidation sites excluding steroid dienone is 1. The van der Waals surface area contributed by atoms with Crippen LogP contribution in [0.2, 0.25) is 0 Å². The van der Waals surface area contributed by atoms with Crippen LogP contribution in [0.1, 0.15) is 25.5 Å². The lowest BCUT2D eigenvalue weighted by atomic mass is 9.94. The molecule has 0 saturated heterocycles. The van der Waals surface area contributed by atoms with E-state index in [1.165, 1.54) is 0 Å². The van der Waals surface area contributed by atoms with Crippen LogP contribution in [0.4, 0.5) is 5.95 Å². The fourth-order valence-electron chi connectivity index (χ4n) is 3.85. The zero-order chi connectivity index (χ0) is 22.8. The van der Waals surface area contributed by atoms with E-state index in [4.69, 9.17) is 25.0 Å². The zero-order valence-corrected chi connectivity index (χ0v) is 18.4. The minimum absolute atomic E-state index is 0.397. The van der Waals surface area contributed by atoms with Crippen molar-refractivity contribution in [3.8, 4) is 28.6 Å². The number of methoxy groups -OCH3 is 2. The molecule has 3 N–H and O–H groups in total. The first-order chi connectivity index (χ1) is 15.5. The number of nitrogens with one attached hydrogen (secondary N) is 1. The van der Waals surface area contributed by atoms with Gasteiger partial charge in [-0.2, -0.15) is 4.98 Å². The lowest BCUT2D eigenvalue weighted by Crippen LogP contribution is -2.32. The Balaban J connectivity index is 1.87. The number of aromatic nitrogens is 3. The van der Waals surface area contributed by atoms with E-state index in [1.807, 2.05) is 37.3 Å². The van der Waals surface area contributed by atoms with E-state index < -0.39 is 11.9 Å². The molecule has 1 aliphatic rings. The summed E-state index contributed by atoms with van der Waals surface area (Å²) in [6.45, 7) is 4.19. The summed E-state index contributed by atoms with van der Waals surface area (Å²) in [4.78, 5) is 17.1. The number of para-hydroxylation sites is 1. The lowest BCUT2D eigenvalue weighted by molar-refractivity contribution is -0.115. The van der Waals surface area contributed by atoms with E-state index in [-0.39, 0.29) is 0 Å². The van der Waals surface area contributed by atoms with Crippen LogP contribution in [-0.4, -0.2) is 41.5 Å². The van der Waals surface area contributed by atoms with Crippen molar-refractivity contribution in [2.75, 3.05) is 26.1 Å². The second-order valence-electron chi connectivity index (χ2n) is 7.17. The number of rotatable bonds is 7. The summed E-state index contributed by atoms with van der Waals surface area (Å²) in [5.74, 6) is 2.24. The second-order valence-corrected chi connectivity index (χ2v) is 7.17. The van der Waals surface area contributed by atoms with Gasteiger partial charge in [0.05, 0.1) is 26.4 Å².